The SMILES string of the molecule is CCCCN(CCCC)c1nc2c(c(-c3ccccc3)n1)C1(OC(=O)c3ccccc31)c1ccc(N(CC)CC)cc1O2. The Morgan fingerprint density at radius 3 is 2.16 bits per heavy atom. The van der Waals surface area contributed by atoms with Gasteiger partial charge in [-0.1, -0.05) is 75.2 Å². The van der Waals surface area contributed by atoms with Crippen LogP contribution in [0.2, 0.25) is 0 Å². The van der Waals surface area contributed by atoms with Crippen molar-refractivity contribution in [2.45, 2.75) is 59.0 Å². The van der Waals surface area contributed by atoms with Crippen molar-refractivity contribution in [2.75, 3.05) is 36.0 Å². The van der Waals surface area contributed by atoms with E-state index in [2.05, 4.69) is 49.6 Å². The molecule has 0 bridgehead atoms. The van der Waals surface area contributed by atoms with Gasteiger partial charge in [-0.2, -0.15) is 4.98 Å². The molecule has 0 saturated carbocycles. The third-order valence-electron chi connectivity index (χ3n) is 8.56. The van der Waals surface area contributed by atoms with Gasteiger partial charge < -0.3 is 19.3 Å². The van der Waals surface area contributed by atoms with E-state index >= 15 is 0 Å². The number of benzene rings is 3. The molecule has 4 aromatic rings. The molecule has 43 heavy (non-hydrogen) atoms. The molecule has 1 atom stereocenters. The van der Waals surface area contributed by atoms with E-state index in [9.17, 15) is 4.79 Å². The van der Waals surface area contributed by atoms with Gasteiger partial charge in [-0.15, -0.1) is 0 Å². The fourth-order valence-electron chi connectivity index (χ4n) is 6.29. The molecule has 7 heteroatoms. The molecule has 6 rings (SSSR count). The molecule has 222 valence electrons. The van der Waals surface area contributed by atoms with Crippen LogP contribution in [-0.2, 0) is 10.3 Å². The third kappa shape index (κ3) is 4.90. The molecule has 0 N–H and O–H groups in total. The lowest BCUT2D eigenvalue weighted by molar-refractivity contribution is 0.0222. The minimum atomic E-state index is -1.25. The first-order chi connectivity index (χ1) is 21.0. The first-order valence-electron chi connectivity index (χ1n) is 15.7. The molecule has 0 amide bonds. The Morgan fingerprint density at radius 2 is 1.47 bits per heavy atom. The lowest BCUT2D eigenvalue weighted by atomic mass is 9.77. The normalized spacial score (nSPS) is 16.2. The van der Waals surface area contributed by atoms with Gasteiger partial charge in [0, 0.05) is 54.6 Å². The van der Waals surface area contributed by atoms with Crippen molar-refractivity contribution >= 4 is 17.6 Å². The standard InChI is InChI=1S/C36H40N4O3/c1-5-9-22-40(23-10-6-2)35-37-32(25-16-12-11-13-17-25)31-33(38-35)42-30-24-26(39(7-3)8-4)20-21-29(30)36(31)28-19-15-14-18-27(28)34(41)43-36/h11-21,24H,5-10,22-23H2,1-4H3. The van der Waals surface area contributed by atoms with Gasteiger partial charge in [0.05, 0.1) is 16.8 Å². The summed E-state index contributed by atoms with van der Waals surface area (Å²) in [7, 11) is 0. The van der Waals surface area contributed by atoms with Crippen LogP contribution in [0.3, 0.4) is 0 Å². The maximum Gasteiger partial charge on any atom is 0.340 e. The quantitative estimate of drug-likeness (QED) is 0.168. The summed E-state index contributed by atoms with van der Waals surface area (Å²) in [6.07, 6.45) is 4.23. The fraction of sp³-hybridized carbons (Fsp3) is 0.361. The van der Waals surface area contributed by atoms with Gasteiger partial charge in [0.25, 0.3) is 0 Å². The topological polar surface area (TPSA) is 67.8 Å². The van der Waals surface area contributed by atoms with Crippen LogP contribution in [0, 0.1) is 0 Å². The maximum absolute atomic E-state index is 13.6. The minimum Gasteiger partial charge on any atom is -0.440 e. The number of unbranched alkanes of at least 4 members (excludes halogenated alkanes) is 2. The van der Waals surface area contributed by atoms with Crippen LogP contribution >= 0.6 is 0 Å². The van der Waals surface area contributed by atoms with Crippen molar-refractivity contribution in [2.24, 2.45) is 0 Å². The van der Waals surface area contributed by atoms with E-state index in [1.54, 1.807) is 0 Å². The predicted molar refractivity (Wildman–Crippen MR) is 171 cm³/mol. The van der Waals surface area contributed by atoms with Gasteiger partial charge in [0.2, 0.25) is 11.8 Å². The summed E-state index contributed by atoms with van der Waals surface area (Å²) in [5.41, 5.74) is 4.19. The number of carbonyl (C=O) groups is 1. The molecule has 1 aromatic heterocycles. The summed E-state index contributed by atoms with van der Waals surface area (Å²) in [6.45, 7) is 12.1. The van der Waals surface area contributed by atoms with Crippen LogP contribution in [0.15, 0.2) is 72.8 Å². The van der Waals surface area contributed by atoms with Crippen LogP contribution < -0.4 is 14.5 Å². The zero-order valence-corrected chi connectivity index (χ0v) is 25.6. The van der Waals surface area contributed by atoms with Crippen LogP contribution in [0.4, 0.5) is 11.6 Å². The van der Waals surface area contributed by atoms with Crippen molar-refractivity contribution in [3.8, 4) is 22.9 Å². The van der Waals surface area contributed by atoms with Gasteiger partial charge in [-0.25, -0.2) is 9.78 Å². The number of carbonyl (C=O) groups excluding carboxylic acids is 1. The van der Waals surface area contributed by atoms with Crippen molar-refractivity contribution in [3.05, 3.63) is 95.1 Å². The van der Waals surface area contributed by atoms with Crippen LogP contribution in [0.5, 0.6) is 11.6 Å². The van der Waals surface area contributed by atoms with Crippen LogP contribution in [0.1, 0.15) is 80.4 Å². The number of fused-ring (bicyclic) bond motifs is 6. The number of rotatable bonds is 11. The summed E-state index contributed by atoms with van der Waals surface area (Å²) in [5.74, 6) is 1.34. The number of aromatic nitrogens is 2. The molecule has 0 radical (unpaired) electrons. The molecule has 1 unspecified atom stereocenters. The molecule has 3 heterocycles. The molecule has 0 aliphatic carbocycles. The predicted octanol–water partition coefficient (Wildman–Crippen LogP) is 7.96. The summed E-state index contributed by atoms with van der Waals surface area (Å²) in [6, 6.07) is 23.9. The van der Waals surface area contributed by atoms with E-state index < -0.39 is 5.60 Å². The fourth-order valence-corrected chi connectivity index (χ4v) is 6.29. The lowest BCUT2D eigenvalue weighted by Gasteiger charge is -2.38. The Balaban J connectivity index is 1.66. The Hall–Kier alpha value is -4.39. The molecular weight excluding hydrogens is 536 g/mol. The Kier molecular flexibility index (Phi) is 8.06. The average Bonchev–Trinajstić information content (AvgIpc) is 3.33. The highest BCUT2D eigenvalue weighted by atomic mass is 16.6. The maximum atomic E-state index is 13.6. The first-order valence-corrected chi connectivity index (χ1v) is 15.7. The summed E-state index contributed by atoms with van der Waals surface area (Å²) in [4.78, 5) is 28.5. The monoisotopic (exact) mass is 576 g/mol. The smallest absolute Gasteiger partial charge is 0.340 e. The molecule has 0 fully saturated rings. The van der Waals surface area contributed by atoms with Crippen molar-refractivity contribution in [3.63, 3.8) is 0 Å². The average molecular weight is 577 g/mol. The van der Waals surface area contributed by atoms with Gasteiger partial charge in [0.1, 0.15) is 5.75 Å². The second-order valence-corrected chi connectivity index (χ2v) is 11.2. The van der Waals surface area contributed by atoms with E-state index in [0.717, 1.165) is 74.2 Å². The molecular formula is C36H40N4O3. The van der Waals surface area contributed by atoms with Gasteiger partial charge in [-0.05, 0) is 44.9 Å². The second kappa shape index (κ2) is 12.1. The molecule has 7 nitrogen and oxygen atoms in total. The van der Waals surface area contributed by atoms with E-state index in [0.29, 0.717) is 34.4 Å². The van der Waals surface area contributed by atoms with Crippen LogP contribution in [-0.4, -0.2) is 42.1 Å². The largest absolute Gasteiger partial charge is 0.440 e. The number of hydrogen-bond donors (Lipinski definition) is 0. The number of ether oxygens (including phenoxy) is 2. The molecule has 1 spiro atoms. The number of nitrogens with zero attached hydrogens (tertiary/aromatic N) is 4. The number of hydrogen-bond acceptors (Lipinski definition) is 7. The first kappa shape index (κ1) is 28.7. The zero-order chi connectivity index (χ0) is 30.0. The summed E-state index contributed by atoms with van der Waals surface area (Å²) >= 11 is 0. The van der Waals surface area contributed by atoms with Gasteiger partial charge in [0.15, 0.2) is 5.60 Å². The van der Waals surface area contributed by atoms with Gasteiger partial charge in [-0.3, -0.25) is 0 Å². The lowest BCUT2D eigenvalue weighted by Crippen LogP contribution is -2.36. The van der Waals surface area contributed by atoms with Crippen LogP contribution in [0.25, 0.3) is 11.3 Å². The van der Waals surface area contributed by atoms with E-state index in [1.165, 1.54) is 0 Å². The summed E-state index contributed by atoms with van der Waals surface area (Å²) < 4.78 is 13.3. The van der Waals surface area contributed by atoms with E-state index in [1.807, 2.05) is 60.7 Å². The molecule has 3 aromatic carbocycles. The Bertz CT molecular complexity index is 1610. The molecule has 2 aliphatic rings. The molecule has 0 saturated heterocycles. The summed E-state index contributed by atoms with van der Waals surface area (Å²) in [5, 5.41) is 0. The Labute approximate surface area is 254 Å². The Morgan fingerprint density at radius 1 is 0.767 bits per heavy atom. The highest BCUT2D eigenvalue weighted by Crippen LogP contribution is 2.58. The highest BCUT2D eigenvalue weighted by molar-refractivity contribution is 5.97. The zero-order valence-electron chi connectivity index (χ0n) is 25.6. The third-order valence-corrected chi connectivity index (χ3v) is 8.56. The number of esters is 1. The van der Waals surface area contributed by atoms with Crippen molar-refractivity contribution in [1.82, 2.24) is 9.97 Å². The van der Waals surface area contributed by atoms with Gasteiger partial charge >= 0.3 is 5.97 Å². The van der Waals surface area contributed by atoms with E-state index in [4.69, 9.17) is 19.4 Å². The highest BCUT2D eigenvalue weighted by Gasteiger charge is 2.56. The second-order valence-electron chi connectivity index (χ2n) is 11.2. The van der Waals surface area contributed by atoms with Crippen molar-refractivity contribution in [1.29, 1.82) is 0 Å². The number of anilines is 2. The van der Waals surface area contributed by atoms with Crippen molar-refractivity contribution < 1.29 is 14.3 Å². The van der Waals surface area contributed by atoms with E-state index in [-0.39, 0.29) is 5.97 Å². The minimum absolute atomic E-state index is 0.363. The molecule has 2 aliphatic heterocycles.